The van der Waals surface area contributed by atoms with Gasteiger partial charge in [0.05, 0.1) is 0 Å². The summed E-state index contributed by atoms with van der Waals surface area (Å²) in [7, 11) is -3.33. The van der Waals surface area contributed by atoms with Gasteiger partial charge in [-0.25, -0.2) is 4.39 Å². The number of rotatable bonds is 4. The van der Waals surface area contributed by atoms with Gasteiger partial charge in [-0.15, -0.1) is 0 Å². The summed E-state index contributed by atoms with van der Waals surface area (Å²) in [6.45, 7) is 4.15. The molecule has 0 N–H and O–H groups in total. The molecule has 2 heterocycles. The molecular formula is C16H23ClFN3O2S. The lowest BCUT2D eigenvalue weighted by molar-refractivity contribution is 0.173. The van der Waals surface area contributed by atoms with Crippen LogP contribution in [0.25, 0.3) is 0 Å². The normalized spacial score (nSPS) is 21.9. The van der Waals surface area contributed by atoms with Crippen molar-refractivity contribution >= 4 is 21.8 Å². The van der Waals surface area contributed by atoms with E-state index in [2.05, 4.69) is 4.90 Å². The molecule has 0 saturated carbocycles. The second-order valence-corrected chi connectivity index (χ2v) is 8.71. The molecule has 0 bridgehead atoms. The lowest BCUT2D eigenvalue weighted by Gasteiger charge is -2.37. The highest BCUT2D eigenvalue weighted by Gasteiger charge is 2.32. The molecule has 5 nitrogen and oxygen atoms in total. The maximum Gasteiger partial charge on any atom is 0.282 e. The zero-order valence-corrected chi connectivity index (χ0v) is 15.2. The zero-order chi connectivity index (χ0) is 17.2. The van der Waals surface area contributed by atoms with Crippen molar-refractivity contribution in [3.63, 3.8) is 0 Å². The minimum Gasteiger partial charge on any atom is -0.296 e. The van der Waals surface area contributed by atoms with Gasteiger partial charge in [-0.2, -0.15) is 17.0 Å². The van der Waals surface area contributed by atoms with Gasteiger partial charge in [0.25, 0.3) is 10.2 Å². The van der Waals surface area contributed by atoms with Crippen LogP contribution in [0.15, 0.2) is 18.2 Å². The van der Waals surface area contributed by atoms with Crippen LogP contribution < -0.4 is 0 Å². The topological polar surface area (TPSA) is 43.9 Å². The van der Waals surface area contributed by atoms with E-state index in [0.717, 1.165) is 24.8 Å². The van der Waals surface area contributed by atoms with E-state index in [4.69, 9.17) is 11.6 Å². The van der Waals surface area contributed by atoms with Gasteiger partial charge in [0.2, 0.25) is 0 Å². The highest BCUT2D eigenvalue weighted by molar-refractivity contribution is 7.86. The first-order valence-electron chi connectivity index (χ1n) is 8.38. The molecule has 1 aromatic rings. The number of hydrogen-bond donors (Lipinski definition) is 0. The van der Waals surface area contributed by atoms with Crippen LogP contribution in [-0.2, 0) is 16.8 Å². The Morgan fingerprint density at radius 3 is 2.21 bits per heavy atom. The summed E-state index contributed by atoms with van der Waals surface area (Å²) >= 11 is 6.07. The van der Waals surface area contributed by atoms with E-state index in [1.807, 2.05) is 0 Å². The van der Waals surface area contributed by atoms with Crippen molar-refractivity contribution in [1.82, 2.24) is 13.5 Å². The molecule has 134 valence electrons. The van der Waals surface area contributed by atoms with Gasteiger partial charge >= 0.3 is 0 Å². The zero-order valence-electron chi connectivity index (χ0n) is 13.6. The summed E-state index contributed by atoms with van der Waals surface area (Å²) in [6, 6.07) is 4.40. The first-order chi connectivity index (χ1) is 11.5. The molecule has 24 heavy (non-hydrogen) atoms. The number of hydrogen-bond acceptors (Lipinski definition) is 3. The van der Waals surface area contributed by atoms with Gasteiger partial charge in [0, 0.05) is 50.8 Å². The summed E-state index contributed by atoms with van der Waals surface area (Å²) in [6.07, 6.45) is 3.00. The maximum absolute atomic E-state index is 13.1. The predicted molar refractivity (Wildman–Crippen MR) is 92.6 cm³/mol. The molecule has 0 spiro atoms. The number of piperazine rings is 1. The summed E-state index contributed by atoms with van der Waals surface area (Å²) in [5, 5.41) is 0.415. The van der Waals surface area contributed by atoms with E-state index in [1.165, 1.54) is 12.1 Å². The van der Waals surface area contributed by atoms with E-state index in [-0.39, 0.29) is 5.82 Å². The van der Waals surface area contributed by atoms with E-state index in [9.17, 15) is 12.8 Å². The van der Waals surface area contributed by atoms with Crippen molar-refractivity contribution in [3.05, 3.63) is 34.6 Å². The highest BCUT2D eigenvalue weighted by atomic mass is 35.5. The van der Waals surface area contributed by atoms with Crippen LogP contribution in [0, 0.1) is 5.82 Å². The standard InChI is InChI=1S/C16H23ClFN3O2S/c17-16-12-15(18)5-4-14(16)13-19-8-10-21(11-9-19)24(22,23)20-6-2-1-3-7-20/h4-5,12H,1-3,6-11,13H2. The van der Waals surface area contributed by atoms with Gasteiger partial charge in [-0.3, -0.25) is 4.90 Å². The fraction of sp³-hybridized carbons (Fsp3) is 0.625. The summed E-state index contributed by atoms with van der Waals surface area (Å²) in [5.41, 5.74) is 0.866. The minimum atomic E-state index is -3.33. The first-order valence-corrected chi connectivity index (χ1v) is 10.2. The summed E-state index contributed by atoms with van der Waals surface area (Å²) in [5.74, 6) is -0.346. The number of benzene rings is 1. The van der Waals surface area contributed by atoms with Crippen LogP contribution >= 0.6 is 11.6 Å². The third-order valence-corrected chi connectivity index (χ3v) is 7.10. The third-order valence-electron chi connectivity index (χ3n) is 4.71. The quantitative estimate of drug-likeness (QED) is 0.811. The SMILES string of the molecule is O=S(=O)(N1CCCCC1)N1CCN(Cc2ccc(F)cc2Cl)CC1. The van der Waals surface area contributed by atoms with Crippen LogP contribution in [0.2, 0.25) is 5.02 Å². The summed E-state index contributed by atoms with van der Waals surface area (Å²) in [4.78, 5) is 2.15. The van der Waals surface area contributed by atoms with Gasteiger partial charge in [-0.05, 0) is 30.5 Å². The minimum absolute atomic E-state index is 0.346. The van der Waals surface area contributed by atoms with Crippen LogP contribution in [0.1, 0.15) is 24.8 Å². The molecular weight excluding hydrogens is 353 g/mol. The van der Waals surface area contributed by atoms with E-state index >= 15 is 0 Å². The average molecular weight is 376 g/mol. The largest absolute Gasteiger partial charge is 0.296 e. The molecule has 2 aliphatic rings. The summed E-state index contributed by atoms with van der Waals surface area (Å²) < 4.78 is 41.6. The van der Waals surface area contributed by atoms with Gasteiger partial charge in [0.1, 0.15) is 5.82 Å². The Labute approximate surface area is 148 Å². The Morgan fingerprint density at radius 2 is 1.58 bits per heavy atom. The van der Waals surface area contributed by atoms with Crippen LogP contribution in [0.4, 0.5) is 4.39 Å². The molecule has 0 aliphatic carbocycles. The molecule has 2 fully saturated rings. The number of nitrogens with zero attached hydrogens (tertiary/aromatic N) is 3. The fourth-order valence-electron chi connectivity index (χ4n) is 3.27. The van der Waals surface area contributed by atoms with Crippen LogP contribution in [0.5, 0.6) is 0 Å². The molecule has 0 unspecified atom stereocenters. The van der Waals surface area contributed by atoms with Crippen molar-refractivity contribution in [1.29, 1.82) is 0 Å². The molecule has 2 saturated heterocycles. The Morgan fingerprint density at radius 1 is 0.958 bits per heavy atom. The van der Waals surface area contributed by atoms with Crippen LogP contribution in [0.3, 0.4) is 0 Å². The van der Waals surface area contributed by atoms with Gasteiger partial charge in [0.15, 0.2) is 0 Å². The van der Waals surface area contributed by atoms with Gasteiger partial charge in [-0.1, -0.05) is 24.1 Å². The monoisotopic (exact) mass is 375 g/mol. The molecule has 8 heteroatoms. The molecule has 0 radical (unpaired) electrons. The molecule has 0 aromatic heterocycles. The molecule has 0 amide bonds. The number of piperidine rings is 1. The second kappa shape index (κ2) is 7.66. The van der Waals surface area contributed by atoms with E-state index in [1.54, 1.807) is 14.7 Å². The Kier molecular flexibility index (Phi) is 5.77. The van der Waals surface area contributed by atoms with E-state index < -0.39 is 10.2 Å². The average Bonchev–Trinajstić information content (AvgIpc) is 2.59. The van der Waals surface area contributed by atoms with Crippen molar-refractivity contribution < 1.29 is 12.8 Å². The van der Waals surface area contributed by atoms with Crippen molar-refractivity contribution in [2.45, 2.75) is 25.8 Å². The second-order valence-electron chi connectivity index (χ2n) is 6.38. The highest BCUT2D eigenvalue weighted by Crippen LogP contribution is 2.21. The van der Waals surface area contributed by atoms with Crippen molar-refractivity contribution in [2.75, 3.05) is 39.3 Å². The molecule has 2 aliphatic heterocycles. The lowest BCUT2D eigenvalue weighted by atomic mass is 10.2. The Bertz CT molecular complexity index is 672. The van der Waals surface area contributed by atoms with Crippen molar-refractivity contribution in [2.24, 2.45) is 0 Å². The van der Waals surface area contributed by atoms with Crippen molar-refractivity contribution in [3.8, 4) is 0 Å². The third kappa shape index (κ3) is 4.08. The maximum atomic E-state index is 13.1. The lowest BCUT2D eigenvalue weighted by Crippen LogP contribution is -2.53. The molecule has 3 rings (SSSR count). The predicted octanol–water partition coefficient (Wildman–Crippen LogP) is 2.33. The van der Waals surface area contributed by atoms with Crippen LogP contribution in [-0.4, -0.2) is 61.2 Å². The van der Waals surface area contributed by atoms with E-state index in [0.29, 0.717) is 50.8 Å². The first kappa shape index (κ1) is 18.1. The van der Waals surface area contributed by atoms with Gasteiger partial charge < -0.3 is 0 Å². The number of halogens is 2. The Balaban J connectivity index is 1.57. The molecule has 0 atom stereocenters. The smallest absolute Gasteiger partial charge is 0.282 e. The fourth-order valence-corrected chi connectivity index (χ4v) is 5.17. The Hall–Kier alpha value is -0.730. The molecule has 1 aromatic carbocycles.